The fraction of sp³-hybridized carbons (Fsp3) is 0.261. The number of phenolic OH excluding ortho intramolecular Hbond substituents is 1. The van der Waals surface area contributed by atoms with Crippen molar-refractivity contribution in [2.75, 3.05) is 5.43 Å². The van der Waals surface area contributed by atoms with E-state index in [0.29, 0.717) is 27.8 Å². The fourth-order valence-electron chi connectivity index (χ4n) is 2.81. The van der Waals surface area contributed by atoms with Gasteiger partial charge in [-0.3, -0.25) is 5.43 Å². The zero-order valence-corrected chi connectivity index (χ0v) is 19.6. The Balaban J connectivity index is 1.69. The molecule has 0 bridgehead atoms. The van der Waals surface area contributed by atoms with Crippen molar-refractivity contribution < 1.29 is 14.6 Å². The van der Waals surface area contributed by atoms with Crippen LogP contribution in [0.25, 0.3) is 11.3 Å². The molecule has 32 heavy (non-hydrogen) atoms. The average molecular weight is 473 g/mol. The Bertz CT molecular complexity index is 1080. The Morgan fingerprint density at radius 1 is 1.28 bits per heavy atom. The number of aromatic nitrogens is 1. The second-order valence-corrected chi connectivity index (χ2v) is 9.33. The lowest BCUT2D eigenvalue weighted by Gasteiger charge is -2.22. The maximum absolute atomic E-state index is 12.3. The second kappa shape index (κ2) is 10.5. The number of nitrogens with zero attached hydrogens (tertiary/aromatic N) is 2. The summed E-state index contributed by atoms with van der Waals surface area (Å²) in [4.78, 5) is 16.7. The van der Waals surface area contributed by atoms with Gasteiger partial charge in [-0.2, -0.15) is 5.10 Å². The maximum Gasteiger partial charge on any atom is 0.408 e. The number of hydrazone groups is 1. The van der Waals surface area contributed by atoms with E-state index >= 15 is 0 Å². The first-order chi connectivity index (χ1) is 15.2. The molecule has 3 aromatic rings. The van der Waals surface area contributed by atoms with Crippen LogP contribution in [0.3, 0.4) is 0 Å². The van der Waals surface area contributed by atoms with Crippen molar-refractivity contribution in [3.8, 4) is 17.0 Å². The van der Waals surface area contributed by atoms with Gasteiger partial charge in [0.1, 0.15) is 11.4 Å². The van der Waals surface area contributed by atoms with Crippen molar-refractivity contribution in [2.45, 2.75) is 38.8 Å². The highest BCUT2D eigenvalue weighted by atomic mass is 35.5. The van der Waals surface area contributed by atoms with Gasteiger partial charge in [-0.1, -0.05) is 41.9 Å². The number of nitrogens with one attached hydrogen (secondary N) is 2. The minimum absolute atomic E-state index is 0.0965. The first-order valence-electron chi connectivity index (χ1n) is 9.97. The molecule has 2 aromatic carbocycles. The number of anilines is 1. The average Bonchev–Trinajstić information content (AvgIpc) is 3.17. The van der Waals surface area contributed by atoms with Crippen LogP contribution in [0.1, 0.15) is 26.3 Å². The number of ether oxygens (including phenoxy) is 1. The quantitative estimate of drug-likeness (QED) is 0.302. The zero-order chi connectivity index (χ0) is 23.1. The van der Waals surface area contributed by atoms with Crippen LogP contribution in [-0.4, -0.2) is 34.0 Å². The molecule has 168 valence electrons. The summed E-state index contributed by atoms with van der Waals surface area (Å²) in [5, 5.41) is 20.0. The molecule has 0 radical (unpaired) electrons. The summed E-state index contributed by atoms with van der Waals surface area (Å²) in [5.74, 6) is 0.0965. The van der Waals surface area contributed by atoms with Gasteiger partial charge in [0.15, 0.2) is 0 Å². The third kappa shape index (κ3) is 7.25. The predicted octanol–water partition coefficient (Wildman–Crippen LogP) is 5.70. The maximum atomic E-state index is 12.3. The van der Waals surface area contributed by atoms with Gasteiger partial charge in [-0.25, -0.2) is 9.78 Å². The van der Waals surface area contributed by atoms with Crippen LogP contribution in [0.5, 0.6) is 5.75 Å². The Morgan fingerprint density at radius 3 is 2.75 bits per heavy atom. The largest absolute Gasteiger partial charge is 0.507 e. The summed E-state index contributed by atoms with van der Waals surface area (Å²) < 4.78 is 5.37. The molecule has 3 N–H and O–H groups in total. The highest BCUT2D eigenvalue weighted by molar-refractivity contribution is 7.14. The summed E-state index contributed by atoms with van der Waals surface area (Å²) in [6.45, 7) is 5.44. The van der Waals surface area contributed by atoms with Gasteiger partial charge in [0.05, 0.1) is 11.7 Å². The van der Waals surface area contributed by atoms with Crippen LogP contribution in [0, 0.1) is 0 Å². The van der Waals surface area contributed by atoms with Crippen molar-refractivity contribution in [1.82, 2.24) is 10.3 Å². The van der Waals surface area contributed by atoms with E-state index in [1.165, 1.54) is 17.4 Å². The monoisotopic (exact) mass is 472 g/mol. The molecule has 1 atom stereocenters. The van der Waals surface area contributed by atoms with Gasteiger partial charge in [0.25, 0.3) is 0 Å². The molecular weight excluding hydrogens is 448 g/mol. The normalized spacial score (nSPS) is 12.5. The molecule has 0 unspecified atom stereocenters. The first kappa shape index (κ1) is 23.6. The summed E-state index contributed by atoms with van der Waals surface area (Å²) in [6.07, 6.45) is 1.64. The van der Waals surface area contributed by atoms with Gasteiger partial charge >= 0.3 is 6.09 Å². The number of carbonyl (C=O) groups is 1. The number of amides is 1. The highest BCUT2D eigenvalue weighted by Gasteiger charge is 2.19. The Morgan fingerprint density at radius 2 is 2.03 bits per heavy atom. The summed E-state index contributed by atoms with van der Waals surface area (Å²) in [7, 11) is 0. The van der Waals surface area contributed by atoms with Gasteiger partial charge in [-0.05, 0) is 51.0 Å². The molecular formula is C23H25ClN4O3S. The Labute approximate surface area is 196 Å². The van der Waals surface area contributed by atoms with E-state index in [1.807, 2.05) is 51.1 Å². The lowest BCUT2D eigenvalue weighted by atomic mass is 10.1. The van der Waals surface area contributed by atoms with E-state index in [9.17, 15) is 9.90 Å². The Hall–Kier alpha value is -3.10. The number of hydrogen-bond acceptors (Lipinski definition) is 7. The van der Waals surface area contributed by atoms with Crippen LogP contribution in [0.4, 0.5) is 9.93 Å². The summed E-state index contributed by atoms with van der Waals surface area (Å²) in [5.41, 5.74) is 4.45. The zero-order valence-electron chi connectivity index (χ0n) is 18.0. The number of carbonyl (C=O) groups excluding carboxylic acids is 1. The molecule has 1 heterocycles. The Kier molecular flexibility index (Phi) is 7.71. The molecule has 1 amide bonds. The SMILES string of the molecule is CC(C)(C)OC(=O)N[C@@H](/C=N\Nc1nc(-c2cc(Cl)ccc2O)cs1)Cc1ccccc1. The fourth-order valence-corrected chi connectivity index (χ4v) is 3.64. The lowest BCUT2D eigenvalue weighted by molar-refractivity contribution is 0.0519. The third-order valence-electron chi connectivity index (χ3n) is 4.15. The van der Waals surface area contributed by atoms with Crippen LogP contribution >= 0.6 is 22.9 Å². The highest BCUT2D eigenvalue weighted by Crippen LogP contribution is 2.33. The van der Waals surface area contributed by atoms with Crippen molar-refractivity contribution in [2.24, 2.45) is 5.10 Å². The van der Waals surface area contributed by atoms with Crippen LogP contribution < -0.4 is 10.7 Å². The number of hydrogen-bond donors (Lipinski definition) is 3. The molecule has 7 nitrogen and oxygen atoms in total. The van der Waals surface area contributed by atoms with Gasteiger partial charge in [-0.15, -0.1) is 11.3 Å². The van der Waals surface area contributed by atoms with E-state index in [-0.39, 0.29) is 5.75 Å². The smallest absolute Gasteiger partial charge is 0.408 e. The molecule has 1 aromatic heterocycles. The number of halogens is 1. The molecule has 0 saturated carbocycles. The van der Waals surface area contributed by atoms with E-state index < -0.39 is 17.7 Å². The van der Waals surface area contributed by atoms with Crippen LogP contribution in [-0.2, 0) is 11.2 Å². The number of benzene rings is 2. The standard InChI is InChI=1S/C23H25ClN4O3S/c1-23(2,3)31-22(30)26-17(11-15-7-5-4-6-8-15)13-25-28-21-27-19(14-32-21)18-12-16(24)9-10-20(18)29/h4-10,12-14,17,29H,11H2,1-3H3,(H,26,30)(H,27,28)/b25-13-/t17-/m1/s1. The molecule has 9 heteroatoms. The molecule has 0 spiro atoms. The number of alkyl carbamates (subject to hydrolysis) is 1. The number of aromatic hydroxyl groups is 1. The van der Waals surface area contributed by atoms with E-state index in [4.69, 9.17) is 16.3 Å². The lowest BCUT2D eigenvalue weighted by Crippen LogP contribution is -2.41. The van der Waals surface area contributed by atoms with Crippen LogP contribution in [0.2, 0.25) is 5.02 Å². The number of thiazole rings is 1. The van der Waals surface area contributed by atoms with Crippen molar-refractivity contribution >= 4 is 40.4 Å². The molecule has 0 saturated heterocycles. The molecule has 0 aliphatic rings. The van der Waals surface area contributed by atoms with Gasteiger partial charge in [0, 0.05) is 22.2 Å². The van der Waals surface area contributed by atoms with Crippen molar-refractivity contribution in [3.05, 3.63) is 64.5 Å². The van der Waals surface area contributed by atoms with Crippen LogP contribution in [0.15, 0.2) is 59.0 Å². The second-order valence-electron chi connectivity index (χ2n) is 8.03. The minimum Gasteiger partial charge on any atom is -0.507 e. The third-order valence-corrected chi connectivity index (χ3v) is 5.14. The topological polar surface area (TPSA) is 95.8 Å². The minimum atomic E-state index is -0.597. The van der Waals surface area contributed by atoms with E-state index in [1.54, 1.807) is 23.7 Å². The summed E-state index contributed by atoms with van der Waals surface area (Å²) in [6, 6.07) is 14.2. The van der Waals surface area contributed by atoms with E-state index in [2.05, 4.69) is 20.8 Å². The van der Waals surface area contributed by atoms with Crippen molar-refractivity contribution in [3.63, 3.8) is 0 Å². The van der Waals surface area contributed by atoms with Gasteiger partial charge in [0.2, 0.25) is 5.13 Å². The number of rotatable bonds is 7. The van der Waals surface area contributed by atoms with Crippen molar-refractivity contribution in [1.29, 1.82) is 0 Å². The molecule has 0 fully saturated rings. The molecule has 0 aliphatic heterocycles. The number of phenols is 1. The van der Waals surface area contributed by atoms with E-state index in [0.717, 1.165) is 5.56 Å². The molecule has 0 aliphatic carbocycles. The molecule has 3 rings (SSSR count). The first-order valence-corrected chi connectivity index (χ1v) is 11.2. The van der Waals surface area contributed by atoms with Gasteiger partial charge < -0.3 is 15.2 Å². The predicted molar refractivity (Wildman–Crippen MR) is 130 cm³/mol. The summed E-state index contributed by atoms with van der Waals surface area (Å²) >= 11 is 7.35.